The van der Waals surface area contributed by atoms with Gasteiger partial charge in [-0.3, -0.25) is 0 Å². The van der Waals surface area contributed by atoms with Crippen molar-refractivity contribution in [1.29, 1.82) is 0 Å². The van der Waals surface area contributed by atoms with Crippen LogP contribution in [0.3, 0.4) is 0 Å². The number of unbranched alkanes of at least 4 members (excludes halogenated alkanes) is 1. The van der Waals surface area contributed by atoms with E-state index in [0.717, 1.165) is 24.9 Å². The van der Waals surface area contributed by atoms with Crippen molar-refractivity contribution in [3.05, 3.63) is 0 Å². The van der Waals surface area contributed by atoms with Crippen LogP contribution in [0.25, 0.3) is 0 Å². The highest BCUT2D eigenvalue weighted by Gasteiger charge is 2.12. The minimum Gasteiger partial charge on any atom is -0.330 e. The van der Waals surface area contributed by atoms with Gasteiger partial charge in [0.05, 0.1) is 0 Å². The van der Waals surface area contributed by atoms with Gasteiger partial charge < -0.3 is 11.5 Å². The first-order valence-electron chi connectivity index (χ1n) is 6.18. The average molecular weight is 200 g/mol. The SMILES string of the molecule is CCC(CN)CC(CC)CCCCN. The van der Waals surface area contributed by atoms with E-state index in [1.807, 2.05) is 0 Å². The maximum atomic E-state index is 5.72. The highest BCUT2D eigenvalue weighted by Crippen LogP contribution is 2.22. The van der Waals surface area contributed by atoms with Crippen molar-refractivity contribution in [1.82, 2.24) is 0 Å². The van der Waals surface area contributed by atoms with E-state index in [0.29, 0.717) is 0 Å². The first kappa shape index (κ1) is 13.9. The Morgan fingerprint density at radius 1 is 0.929 bits per heavy atom. The van der Waals surface area contributed by atoms with Crippen LogP contribution >= 0.6 is 0 Å². The minimum absolute atomic E-state index is 0.734. The molecule has 0 aliphatic rings. The molecule has 2 nitrogen and oxygen atoms in total. The van der Waals surface area contributed by atoms with Gasteiger partial charge in [0.25, 0.3) is 0 Å². The first-order chi connectivity index (χ1) is 6.78. The molecule has 0 fully saturated rings. The molecule has 0 aromatic heterocycles. The predicted octanol–water partition coefficient (Wildman–Crippen LogP) is 2.52. The van der Waals surface area contributed by atoms with Gasteiger partial charge in [0.15, 0.2) is 0 Å². The van der Waals surface area contributed by atoms with Gasteiger partial charge in [-0.25, -0.2) is 0 Å². The molecule has 0 aromatic carbocycles. The third-order valence-corrected chi connectivity index (χ3v) is 3.22. The number of hydrogen-bond acceptors (Lipinski definition) is 2. The van der Waals surface area contributed by atoms with Crippen molar-refractivity contribution in [3.8, 4) is 0 Å². The summed E-state index contributed by atoms with van der Waals surface area (Å²) in [5, 5.41) is 0. The third kappa shape index (κ3) is 6.39. The van der Waals surface area contributed by atoms with Gasteiger partial charge in [0, 0.05) is 0 Å². The second-order valence-corrected chi connectivity index (χ2v) is 4.30. The van der Waals surface area contributed by atoms with E-state index in [1.165, 1.54) is 38.5 Å². The Kier molecular flexibility index (Phi) is 9.42. The van der Waals surface area contributed by atoms with Crippen LogP contribution in [-0.4, -0.2) is 13.1 Å². The summed E-state index contributed by atoms with van der Waals surface area (Å²) in [6, 6.07) is 0. The smallest absolute Gasteiger partial charge is 0.00489 e. The zero-order chi connectivity index (χ0) is 10.8. The summed E-state index contributed by atoms with van der Waals surface area (Å²) in [5.41, 5.74) is 11.2. The maximum absolute atomic E-state index is 5.72. The highest BCUT2D eigenvalue weighted by molar-refractivity contribution is 4.65. The Balaban J connectivity index is 3.65. The molecule has 0 bridgehead atoms. The Labute approximate surface area is 89.4 Å². The summed E-state index contributed by atoms with van der Waals surface area (Å²) in [5.74, 6) is 1.60. The lowest BCUT2D eigenvalue weighted by atomic mass is 9.87. The molecule has 0 aliphatic carbocycles. The Morgan fingerprint density at radius 2 is 1.57 bits per heavy atom. The second kappa shape index (κ2) is 9.47. The molecule has 4 N–H and O–H groups in total. The van der Waals surface area contributed by atoms with Gasteiger partial charge >= 0.3 is 0 Å². The van der Waals surface area contributed by atoms with Gasteiger partial charge in [0.1, 0.15) is 0 Å². The Bertz CT molecular complexity index is 111. The summed E-state index contributed by atoms with van der Waals surface area (Å²) < 4.78 is 0. The van der Waals surface area contributed by atoms with E-state index < -0.39 is 0 Å². The van der Waals surface area contributed by atoms with Crippen LogP contribution in [0.5, 0.6) is 0 Å². The van der Waals surface area contributed by atoms with Crippen LogP contribution in [-0.2, 0) is 0 Å². The second-order valence-electron chi connectivity index (χ2n) is 4.30. The molecule has 0 spiro atoms. The van der Waals surface area contributed by atoms with E-state index in [-0.39, 0.29) is 0 Å². The lowest BCUT2D eigenvalue weighted by Crippen LogP contribution is -2.17. The highest BCUT2D eigenvalue weighted by atomic mass is 14.5. The summed E-state index contributed by atoms with van der Waals surface area (Å²) in [6.45, 7) is 6.22. The van der Waals surface area contributed by atoms with Crippen LogP contribution in [0, 0.1) is 11.8 Å². The van der Waals surface area contributed by atoms with E-state index >= 15 is 0 Å². The lowest BCUT2D eigenvalue weighted by Gasteiger charge is -2.20. The molecule has 0 saturated heterocycles. The van der Waals surface area contributed by atoms with Gasteiger partial charge in [-0.2, -0.15) is 0 Å². The first-order valence-corrected chi connectivity index (χ1v) is 6.18. The van der Waals surface area contributed by atoms with Crippen molar-refractivity contribution in [3.63, 3.8) is 0 Å². The van der Waals surface area contributed by atoms with Crippen molar-refractivity contribution < 1.29 is 0 Å². The fourth-order valence-electron chi connectivity index (χ4n) is 1.97. The molecule has 0 radical (unpaired) electrons. The molecule has 0 heterocycles. The van der Waals surface area contributed by atoms with E-state index in [2.05, 4.69) is 13.8 Å². The predicted molar refractivity (Wildman–Crippen MR) is 64.1 cm³/mol. The molecule has 2 atom stereocenters. The zero-order valence-corrected chi connectivity index (χ0v) is 9.97. The molecule has 0 saturated carbocycles. The minimum atomic E-state index is 0.734. The largest absolute Gasteiger partial charge is 0.330 e. The molecule has 14 heavy (non-hydrogen) atoms. The Morgan fingerprint density at radius 3 is 2.00 bits per heavy atom. The van der Waals surface area contributed by atoms with Crippen molar-refractivity contribution in [2.45, 2.75) is 52.4 Å². The Hall–Kier alpha value is -0.0800. The molecule has 2 heteroatoms. The molecular formula is C12H28N2. The van der Waals surface area contributed by atoms with Crippen LogP contribution in [0.2, 0.25) is 0 Å². The van der Waals surface area contributed by atoms with E-state index in [9.17, 15) is 0 Å². The molecule has 0 aromatic rings. The fraction of sp³-hybridized carbons (Fsp3) is 1.00. The van der Waals surface area contributed by atoms with Gasteiger partial charge in [-0.1, -0.05) is 39.5 Å². The monoisotopic (exact) mass is 200 g/mol. The van der Waals surface area contributed by atoms with Crippen LogP contribution in [0.15, 0.2) is 0 Å². The van der Waals surface area contributed by atoms with Crippen LogP contribution in [0.4, 0.5) is 0 Å². The number of rotatable bonds is 9. The molecular weight excluding hydrogens is 172 g/mol. The van der Waals surface area contributed by atoms with Gasteiger partial charge in [-0.15, -0.1) is 0 Å². The van der Waals surface area contributed by atoms with Crippen LogP contribution in [0.1, 0.15) is 52.4 Å². The molecule has 0 aliphatic heterocycles. The number of hydrogen-bond donors (Lipinski definition) is 2. The average Bonchev–Trinajstić information content (AvgIpc) is 2.23. The van der Waals surface area contributed by atoms with Crippen molar-refractivity contribution >= 4 is 0 Å². The molecule has 2 unspecified atom stereocenters. The fourth-order valence-corrected chi connectivity index (χ4v) is 1.97. The summed E-state index contributed by atoms with van der Waals surface area (Å²) in [7, 11) is 0. The quantitative estimate of drug-likeness (QED) is 0.562. The molecule has 0 amide bonds. The van der Waals surface area contributed by atoms with Gasteiger partial charge in [0.2, 0.25) is 0 Å². The lowest BCUT2D eigenvalue weighted by molar-refractivity contribution is 0.334. The van der Waals surface area contributed by atoms with Crippen LogP contribution < -0.4 is 11.5 Å². The number of nitrogens with two attached hydrogens (primary N) is 2. The van der Waals surface area contributed by atoms with E-state index in [4.69, 9.17) is 11.5 Å². The molecule has 0 rings (SSSR count). The zero-order valence-electron chi connectivity index (χ0n) is 9.97. The summed E-state index contributed by atoms with van der Waals surface area (Å²) in [6.07, 6.45) is 7.63. The third-order valence-electron chi connectivity index (χ3n) is 3.22. The standard InChI is InChI=1S/C12H28N2/c1-3-11(7-5-6-8-13)9-12(4-2)10-14/h11-12H,3-10,13-14H2,1-2H3. The van der Waals surface area contributed by atoms with Gasteiger partial charge in [-0.05, 0) is 37.8 Å². The molecule has 86 valence electrons. The van der Waals surface area contributed by atoms with Crippen molar-refractivity contribution in [2.24, 2.45) is 23.3 Å². The maximum Gasteiger partial charge on any atom is -0.00489 e. The normalized spacial score (nSPS) is 15.4. The van der Waals surface area contributed by atoms with Crippen molar-refractivity contribution in [2.75, 3.05) is 13.1 Å². The summed E-state index contributed by atoms with van der Waals surface area (Å²) >= 11 is 0. The van der Waals surface area contributed by atoms with E-state index in [1.54, 1.807) is 0 Å². The topological polar surface area (TPSA) is 52.0 Å². The summed E-state index contributed by atoms with van der Waals surface area (Å²) in [4.78, 5) is 0.